The Morgan fingerprint density at radius 2 is 1.54 bits per heavy atom. The van der Waals surface area contributed by atoms with Gasteiger partial charge in [-0.25, -0.2) is 4.79 Å². The molecule has 0 radical (unpaired) electrons. The number of esters is 1. The van der Waals surface area contributed by atoms with Crippen molar-refractivity contribution in [2.24, 2.45) is 0 Å². The SMILES string of the molecule is O=C(COC(=O)c1ccccc1OCc1ccccc1)Nc1ccccc1Cl. The Kier molecular flexibility index (Phi) is 6.65. The molecule has 5 nitrogen and oxygen atoms in total. The molecule has 0 aliphatic carbocycles. The van der Waals surface area contributed by atoms with Crippen LogP contribution in [-0.4, -0.2) is 18.5 Å². The summed E-state index contributed by atoms with van der Waals surface area (Å²) < 4.78 is 10.9. The van der Waals surface area contributed by atoms with E-state index in [9.17, 15) is 9.59 Å². The predicted molar refractivity (Wildman–Crippen MR) is 108 cm³/mol. The second-order valence-electron chi connectivity index (χ2n) is 5.87. The molecule has 0 heterocycles. The van der Waals surface area contributed by atoms with Gasteiger partial charge in [0.2, 0.25) is 0 Å². The van der Waals surface area contributed by atoms with E-state index in [4.69, 9.17) is 21.1 Å². The van der Waals surface area contributed by atoms with Crippen molar-refractivity contribution in [3.8, 4) is 5.75 Å². The Bertz CT molecular complexity index is 960. The van der Waals surface area contributed by atoms with E-state index in [0.29, 0.717) is 23.1 Å². The number of hydrogen-bond donors (Lipinski definition) is 1. The molecule has 0 atom stereocenters. The van der Waals surface area contributed by atoms with Gasteiger partial charge in [-0.3, -0.25) is 4.79 Å². The zero-order chi connectivity index (χ0) is 19.8. The minimum absolute atomic E-state index is 0.254. The molecule has 1 amide bonds. The molecule has 3 rings (SSSR count). The summed E-state index contributed by atoms with van der Waals surface area (Å²) in [5.41, 5.74) is 1.69. The lowest BCUT2D eigenvalue weighted by Gasteiger charge is -2.12. The average Bonchev–Trinajstić information content (AvgIpc) is 2.73. The number of nitrogens with one attached hydrogen (secondary N) is 1. The van der Waals surface area contributed by atoms with E-state index in [1.165, 1.54) is 0 Å². The minimum atomic E-state index is -0.641. The number of hydrogen-bond acceptors (Lipinski definition) is 4. The van der Waals surface area contributed by atoms with Gasteiger partial charge in [-0.1, -0.05) is 66.2 Å². The van der Waals surface area contributed by atoms with E-state index < -0.39 is 18.5 Å². The molecular formula is C22H18ClNO4. The molecule has 0 bridgehead atoms. The predicted octanol–water partition coefficient (Wildman–Crippen LogP) is 4.71. The number of rotatable bonds is 7. The van der Waals surface area contributed by atoms with E-state index in [-0.39, 0.29) is 5.56 Å². The lowest BCUT2D eigenvalue weighted by atomic mass is 10.2. The van der Waals surface area contributed by atoms with E-state index in [0.717, 1.165) is 5.56 Å². The molecule has 6 heteroatoms. The van der Waals surface area contributed by atoms with Crippen LogP contribution in [0, 0.1) is 0 Å². The van der Waals surface area contributed by atoms with Crippen LogP contribution in [-0.2, 0) is 16.1 Å². The van der Waals surface area contributed by atoms with Gasteiger partial charge in [0.25, 0.3) is 5.91 Å². The monoisotopic (exact) mass is 395 g/mol. The van der Waals surface area contributed by atoms with Crippen LogP contribution >= 0.6 is 11.6 Å². The zero-order valence-corrected chi connectivity index (χ0v) is 15.7. The first kappa shape index (κ1) is 19.5. The molecule has 0 spiro atoms. The van der Waals surface area contributed by atoms with Gasteiger partial charge in [0.15, 0.2) is 6.61 Å². The van der Waals surface area contributed by atoms with Crippen molar-refractivity contribution in [2.45, 2.75) is 6.61 Å². The number of anilines is 1. The van der Waals surface area contributed by atoms with Crippen LogP contribution in [0.2, 0.25) is 5.02 Å². The highest BCUT2D eigenvalue weighted by molar-refractivity contribution is 6.33. The van der Waals surface area contributed by atoms with Gasteiger partial charge in [-0.15, -0.1) is 0 Å². The standard InChI is InChI=1S/C22H18ClNO4/c23-18-11-5-6-12-19(18)24-21(25)15-28-22(26)17-10-4-7-13-20(17)27-14-16-8-2-1-3-9-16/h1-13H,14-15H2,(H,24,25). The molecule has 0 saturated carbocycles. The Labute approximate surface area is 167 Å². The number of carbonyl (C=O) groups excluding carboxylic acids is 2. The van der Waals surface area contributed by atoms with Gasteiger partial charge < -0.3 is 14.8 Å². The molecule has 0 unspecified atom stereocenters. The van der Waals surface area contributed by atoms with Crippen molar-refractivity contribution >= 4 is 29.2 Å². The van der Waals surface area contributed by atoms with Crippen molar-refractivity contribution < 1.29 is 19.1 Å². The maximum absolute atomic E-state index is 12.4. The van der Waals surface area contributed by atoms with Crippen LogP contribution in [0.4, 0.5) is 5.69 Å². The van der Waals surface area contributed by atoms with Crippen molar-refractivity contribution in [3.05, 3.63) is 95.0 Å². The first-order valence-electron chi connectivity index (χ1n) is 8.61. The summed E-state index contributed by atoms with van der Waals surface area (Å²) in [6.45, 7) is -0.116. The van der Waals surface area contributed by atoms with Crippen LogP contribution in [0.25, 0.3) is 0 Å². The first-order chi connectivity index (χ1) is 13.6. The number of benzene rings is 3. The third kappa shape index (κ3) is 5.34. The highest BCUT2D eigenvalue weighted by Crippen LogP contribution is 2.22. The number of amides is 1. The van der Waals surface area contributed by atoms with Crippen molar-refractivity contribution in [2.75, 3.05) is 11.9 Å². The summed E-state index contributed by atoms with van der Waals surface area (Å²) in [7, 11) is 0. The zero-order valence-electron chi connectivity index (χ0n) is 14.9. The summed E-state index contributed by atoms with van der Waals surface area (Å²) >= 11 is 5.99. The lowest BCUT2D eigenvalue weighted by Crippen LogP contribution is -2.21. The van der Waals surface area contributed by atoms with Crippen molar-refractivity contribution in [1.29, 1.82) is 0 Å². The van der Waals surface area contributed by atoms with E-state index >= 15 is 0 Å². The molecule has 0 saturated heterocycles. The maximum Gasteiger partial charge on any atom is 0.342 e. The Balaban J connectivity index is 1.58. The van der Waals surface area contributed by atoms with Gasteiger partial charge in [-0.2, -0.15) is 0 Å². The Hall–Kier alpha value is -3.31. The van der Waals surface area contributed by atoms with E-state index in [1.54, 1.807) is 48.5 Å². The summed E-state index contributed by atoms with van der Waals surface area (Å²) in [5, 5.41) is 3.00. The fourth-order valence-corrected chi connectivity index (χ4v) is 2.64. The van der Waals surface area contributed by atoms with Gasteiger partial charge in [-0.05, 0) is 29.8 Å². The van der Waals surface area contributed by atoms with Gasteiger partial charge in [0, 0.05) is 0 Å². The number of para-hydroxylation sites is 2. The fourth-order valence-electron chi connectivity index (χ4n) is 2.45. The van der Waals surface area contributed by atoms with Crippen LogP contribution in [0.3, 0.4) is 0 Å². The second-order valence-corrected chi connectivity index (χ2v) is 6.28. The lowest BCUT2D eigenvalue weighted by molar-refractivity contribution is -0.119. The topological polar surface area (TPSA) is 64.6 Å². The van der Waals surface area contributed by atoms with E-state index in [1.807, 2.05) is 30.3 Å². The Morgan fingerprint density at radius 3 is 2.32 bits per heavy atom. The summed E-state index contributed by atoms with van der Waals surface area (Å²) in [4.78, 5) is 24.4. The molecule has 1 N–H and O–H groups in total. The average molecular weight is 396 g/mol. The summed E-state index contributed by atoms with van der Waals surface area (Å²) in [6, 6.07) is 23.2. The smallest absolute Gasteiger partial charge is 0.342 e. The van der Waals surface area contributed by atoms with Crippen LogP contribution in [0.15, 0.2) is 78.9 Å². The molecule has 0 aliphatic heterocycles. The normalized spacial score (nSPS) is 10.2. The number of ether oxygens (including phenoxy) is 2. The number of carbonyl (C=O) groups is 2. The molecule has 0 aromatic heterocycles. The third-order valence-electron chi connectivity index (χ3n) is 3.83. The quantitative estimate of drug-likeness (QED) is 0.588. The van der Waals surface area contributed by atoms with Crippen molar-refractivity contribution in [1.82, 2.24) is 0 Å². The molecule has 0 aliphatic rings. The maximum atomic E-state index is 12.4. The highest BCUT2D eigenvalue weighted by Gasteiger charge is 2.16. The summed E-state index contributed by atoms with van der Waals surface area (Å²) in [6.07, 6.45) is 0. The van der Waals surface area contributed by atoms with Gasteiger partial charge >= 0.3 is 5.97 Å². The van der Waals surface area contributed by atoms with E-state index in [2.05, 4.69) is 5.32 Å². The summed E-state index contributed by atoms with van der Waals surface area (Å²) in [5.74, 6) is -0.732. The molecular weight excluding hydrogens is 378 g/mol. The van der Waals surface area contributed by atoms with Crippen LogP contribution in [0.1, 0.15) is 15.9 Å². The molecule has 0 fully saturated rings. The third-order valence-corrected chi connectivity index (χ3v) is 4.16. The second kappa shape index (κ2) is 9.58. The molecule has 3 aromatic carbocycles. The van der Waals surface area contributed by atoms with Crippen LogP contribution < -0.4 is 10.1 Å². The Morgan fingerprint density at radius 1 is 0.857 bits per heavy atom. The molecule has 3 aromatic rings. The number of halogens is 1. The molecule has 28 heavy (non-hydrogen) atoms. The first-order valence-corrected chi connectivity index (χ1v) is 8.98. The van der Waals surface area contributed by atoms with Crippen LogP contribution in [0.5, 0.6) is 5.75 Å². The van der Waals surface area contributed by atoms with Gasteiger partial charge in [0.05, 0.1) is 10.7 Å². The largest absolute Gasteiger partial charge is 0.488 e. The molecule has 142 valence electrons. The van der Waals surface area contributed by atoms with Gasteiger partial charge in [0.1, 0.15) is 17.9 Å². The highest BCUT2D eigenvalue weighted by atomic mass is 35.5. The fraction of sp³-hybridized carbons (Fsp3) is 0.0909. The minimum Gasteiger partial charge on any atom is -0.488 e. The van der Waals surface area contributed by atoms with Crippen molar-refractivity contribution in [3.63, 3.8) is 0 Å².